The minimum absolute atomic E-state index is 0.0997. The normalized spacial score (nSPS) is 16.7. The second kappa shape index (κ2) is 10.9. The van der Waals surface area contributed by atoms with Crippen molar-refractivity contribution >= 4 is 34.6 Å². The van der Waals surface area contributed by atoms with Gasteiger partial charge in [-0.2, -0.15) is 0 Å². The van der Waals surface area contributed by atoms with Crippen LogP contribution in [-0.4, -0.2) is 27.7 Å². The van der Waals surface area contributed by atoms with Crippen LogP contribution in [0.2, 0.25) is 0 Å². The molecule has 39 heavy (non-hydrogen) atoms. The number of halogens is 1. The van der Waals surface area contributed by atoms with E-state index >= 15 is 0 Å². The van der Waals surface area contributed by atoms with E-state index in [1.165, 1.54) is 12.1 Å². The van der Waals surface area contributed by atoms with Crippen molar-refractivity contribution in [1.82, 2.24) is 14.9 Å². The number of hydrogen-bond acceptors (Lipinski definition) is 4. The Morgan fingerprint density at radius 3 is 2.62 bits per heavy atom. The molecule has 3 heterocycles. The van der Waals surface area contributed by atoms with Crippen LogP contribution in [0.3, 0.4) is 0 Å². The highest BCUT2D eigenvalue weighted by Crippen LogP contribution is 2.45. The third kappa shape index (κ3) is 4.97. The Bertz CT molecular complexity index is 1540. The maximum atomic E-state index is 14.2. The number of nitrogens with zero attached hydrogens (tertiary/aromatic N) is 3. The Hall–Kier alpha value is -4.24. The maximum absolute atomic E-state index is 14.2. The Kier molecular flexibility index (Phi) is 7.34. The van der Waals surface area contributed by atoms with Gasteiger partial charge >= 0.3 is 0 Å². The molecule has 2 aromatic carbocycles. The summed E-state index contributed by atoms with van der Waals surface area (Å²) in [6.07, 6.45) is 2.13. The zero-order chi connectivity index (χ0) is 27.7. The summed E-state index contributed by atoms with van der Waals surface area (Å²) in [5, 5.41) is 6.91. The van der Waals surface area contributed by atoms with Crippen LogP contribution in [0, 0.1) is 19.7 Å². The van der Waals surface area contributed by atoms with E-state index in [1.807, 2.05) is 56.3 Å². The summed E-state index contributed by atoms with van der Waals surface area (Å²) in [6, 6.07) is 19.6. The molecule has 4 aromatic rings. The van der Waals surface area contributed by atoms with Crippen LogP contribution in [0.25, 0.3) is 5.69 Å². The first-order valence-electron chi connectivity index (χ1n) is 12.8. The van der Waals surface area contributed by atoms with Crippen molar-refractivity contribution in [3.8, 4) is 11.4 Å². The molecular weight excluding hydrogens is 513 g/mol. The van der Waals surface area contributed by atoms with Crippen LogP contribution in [0.15, 0.2) is 72.9 Å². The van der Waals surface area contributed by atoms with Gasteiger partial charge in [-0.25, -0.2) is 4.39 Å². The van der Waals surface area contributed by atoms with E-state index in [0.717, 1.165) is 34.0 Å². The summed E-state index contributed by atoms with van der Waals surface area (Å²) in [5.74, 6) is 0.139. The van der Waals surface area contributed by atoms with Gasteiger partial charge in [0.15, 0.2) is 5.11 Å². The van der Waals surface area contributed by atoms with Gasteiger partial charge < -0.3 is 24.8 Å². The molecule has 0 saturated carbocycles. The number of carbonyl (C=O) groups excluding carboxylic acids is 1. The lowest BCUT2D eigenvalue weighted by atomic mass is 9.96. The van der Waals surface area contributed by atoms with E-state index in [2.05, 4.69) is 31.2 Å². The molecule has 0 bridgehead atoms. The van der Waals surface area contributed by atoms with Crippen molar-refractivity contribution in [2.45, 2.75) is 39.3 Å². The predicted molar refractivity (Wildman–Crippen MR) is 155 cm³/mol. The lowest BCUT2D eigenvalue weighted by Crippen LogP contribution is -2.29. The summed E-state index contributed by atoms with van der Waals surface area (Å²) in [4.78, 5) is 18.7. The molecule has 0 aliphatic carbocycles. The zero-order valence-electron chi connectivity index (χ0n) is 22.2. The topological polar surface area (TPSA) is 71.4 Å². The number of hydrogen-bond donors (Lipinski definition) is 2. The lowest BCUT2D eigenvalue weighted by molar-refractivity contribution is -0.115. The molecule has 5 rings (SSSR count). The lowest BCUT2D eigenvalue weighted by Gasteiger charge is -2.29. The zero-order valence-corrected chi connectivity index (χ0v) is 23.1. The molecule has 0 spiro atoms. The van der Waals surface area contributed by atoms with Gasteiger partial charge in [-0.15, -0.1) is 0 Å². The number of ether oxygens (including phenoxy) is 1. The molecule has 200 valence electrons. The molecule has 1 aliphatic heterocycles. The van der Waals surface area contributed by atoms with Gasteiger partial charge in [0.05, 0.1) is 30.6 Å². The van der Waals surface area contributed by atoms with Gasteiger partial charge in [0.1, 0.15) is 11.6 Å². The predicted octanol–water partition coefficient (Wildman–Crippen LogP) is 6.16. The summed E-state index contributed by atoms with van der Waals surface area (Å²) < 4.78 is 21.8. The molecule has 1 amide bonds. The first-order chi connectivity index (χ1) is 18.8. The van der Waals surface area contributed by atoms with Gasteiger partial charge in [-0.3, -0.25) is 9.78 Å². The maximum Gasteiger partial charge on any atom is 0.224 e. The molecule has 1 fully saturated rings. The monoisotopic (exact) mass is 543 g/mol. The Labute approximate surface area is 232 Å². The molecule has 0 unspecified atom stereocenters. The first kappa shape index (κ1) is 26.4. The highest BCUT2D eigenvalue weighted by atomic mass is 32.1. The standard InChI is InChI=1S/C30H30FN5O2S/c1-5-27(37)33-24-13-12-22(17-26(24)38-4)36-29(28(34-30(36)39)25-11-6-7-14-32-25)23-15-18(2)35(19(23)3)21-10-8-9-20(31)16-21/h6-17,28-29H,5H2,1-4H3,(H,33,37)(H,34,39)/t28-,29+/m0/s1. The van der Waals surface area contributed by atoms with Crippen LogP contribution in [0.5, 0.6) is 5.75 Å². The van der Waals surface area contributed by atoms with Crippen molar-refractivity contribution in [2.24, 2.45) is 0 Å². The van der Waals surface area contributed by atoms with E-state index < -0.39 is 0 Å². The molecule has 2 aromatic heterocycles. The Morgan fingerprint density at radius 2 is 1.92 bits per heavy atom. The largest absolute Gasteiger partial charge is 0.494 e. The van der Waals surface area contributed by atoms with Crippen molar-refractivity contribution in [3.05, 3.63) is 101 Å². The minimum Gasteiger partial charge on any atom is -0.494 e. The van der Waals surface area contributed by atoms with Crippen molar-refractivity contribution < 1.29 is 13.9 Å². The molecule has 0 radical (unpaired) electrons. The average Bonchev–Trinajstić information content (AvgIpc) is 3.43. The minimum atomic E-state index is -0.291. The van der Waals surface area contributed by atoms with Crippen LogP contribution >= 0.6 is 12.2 Å². The second-order valence-corrected chi connectivity index (χ2v) is 9.81. The first-order valence-corrected chi connectivity index (χ1v) is 13.2. The fourth-order valence-corrected chi connectivity index (χ4v) is 5.57. The fraction of sp³-hybridized carbons (Fsp3) is 0.233. The smallest absolute Gasteiger partial charge is 0.224 e. The average molecular weight is 544 g/mol. The van der Waals surface area contributed by atoms with Gasteiger partial charge in [-0.1, -0.05) is 19.1 Å². The van der Waals surface area contributed by atoms with Crippen molar-refractivity contribution in [1.29, 1.82) is 0 Å². The number of aryl methyl sites for hydroxylation is 1. The number of rotatable bonds is 7. The molecule has 9 heteroatoms. The molecule has 2 N–H and O–H groups in total. The Balaban J connectivity index is 1.65. The van der Waals surface area contributed by atoms with Crippen LogP contribution in [0.1, 0.15) is 48.1 Å². The van der Waals surface area contributed by atoms with Gasteiger partial charge in [0, 0.05) is 41.4 Å². The molecule has 1 saturated heterocycles. The second-order valence-electron chi connectivity index (χ2n) is 9.42. The summed E-state index contributed by atoms with van der Waals surface area (Å²) >= 11 is 5.89. The SMILES string of the molecule is CCC(=O)Nc1ccc(N2C(=S)N[C@@H](c3ccccn3)[C@H]2c2cc(C)n(-c3cccc(F)c3)c2C)cc1OC. The number of pyridine rings is 1. The van der Waals surface area contributed by atoms with Gasteiger partial charge in [-0.05, 0) is 80.2 Å². The summed E-state index contributed by atoms with van der Waals surface area (Å²) in [6.45, 7) is 5.84. The van der Waals surface area contributed by atoms with Gasteiger partial charge in [0.25, 0.3) is 0 Å². The number of aromatic nitrogens is 2. The third-order valence-corrected chi connectivity index (χ3v) is 7.33. The summed E-state index contributed by atoms with van der Waals surface area (Å²) in [5.41, 5.74) is 5.97. The van der Waals surface area contributed by atoms with Crippen LogP contribution in [-0.2, 0) is 4.79 Å². The van der Waals surface area contributed by atoms with E-state index in [-0.39, 0.29) is 23.8 Å². The number of thiocarbonyl (C=S) groups is 1. The number of amides is 1. The highest BCUT2D eigenvalue weighted by molar-refractivity contribution is 7.80. The quantitative estimate of drug-likeness (QED) is 0.272. The van der Waals surface area contributed by atoms with Crippen molar-refractivity contribution in [2.75, 3.05) is 17.3 Å². The Morgan fingerprint density at radius 1 is 1.10 bits per heavy atom. The molecule has 1 aliphatic rings. The molecule has 7 nitrogen and oxygen atoms in total. The van der Waals surface area contributed by atoms with E-state index in [0.29, 0.717) is 23.0 Å². The van der Waals surface area contributed by atoms with E-state index in [4.69, 9.17) is 17.0 Å². The van der Waals surface area contributed by atoms with Crippen LogP contribution < -0.4 is 20.3 Å². The third-order valence-electron chi connectivity index (χ3n) is 7.01. The van der Waals surface area contributed by atoms with Gasteiger partial charge in [0.2, 0.25) is 5.91 Å². The number of anilines is 2. The van der Waals surface area contributed by atoms with E-state index in [9.17, 15) is 9.18 Å². The highest BCUT2D eigenvalue weighted by Gasteiger charge is 2.42. The van der Waals surface area contributed by atoms with E-state index in [1.54, 1.807) is 26.3 Å². The van der Waals surface area contributed by atoms with Crippen molar-refractivity contribution in [3.63, 3.8) is 0 Å². The number of methoxy groups -OCH3 is 1. The fourth-order valence-electron chi connectivity index (χ4n) is 5.22. The molecule has 2 atom stereocenters. The number of carbonyl (C=O) groups is 1. The number of benzene rings is 2. The number of nitrogens with one attached hydrogen (secondary N) is 2. The van der Waals surface area contributed by atoms with Crippen LogP contribution in [0.4, 0.5) is 15.8 Å². The summed E-state index contributed by atoms with van der Waals surface area (Å²) in [7, 11) is 1.57. The molecular formula is C30H30FN5O2S.